The fourth-order valence-corrected chi connectivity index (χ4v) is 5.30. The van der Waals surface area contributed by atoms with Crippen molar-refractivity contribution in [2.24, 2.45) is 11.8 Å². The molecular formula is C31H38O11. The Morgan fingerprint density at radius 2 is 1.40 bits per heavy atom. The van der Waals surface area contributed by atoms with Crippen molar-refractivity contribution in [3.05, 3.63) is 65.2 Å². The van der Waals surface area contributed by atoms with Crippen molar-refractivity contribution < 1.29 is 54.0 Å². The lowest BCUT2D eigenvalue weighted by molar-refractivity contribution is -0.00186. The van der Waals surface area contributed by atoms with Gasteiger partial charge in [0.05, 0.1) is 47.8 Å². The summed E-state index contributed by atoms with van der Waals surface area (Å²) >= 11 is 0. The first-order valence-electron chi connectivity index (χ1n) is 13.4. The molecule has 11 nitrogen and oxygen atoms in total. The molecule has 0 bridgehead atoms. The summed E-state index contributed by atoms with van der Waals surface area (Å²) in [6.07, 6.45) is -2.27. The lowest BCUT2D eigenvalue weighted by atomic mass is 9.84. The molecule has 0 unspecified atom stereocenters. The quantitative estimate of drug-likeness (QED) is 0.200. The highest BCUT2D eigenvalue weighted by atomic mass is 16.6. The first-order chi connectivity index (χ1) is 20.3. The van der Waals surface area contributed by atoms with E-state index in [0.29, 0.717) is 29.9 Å². The number of phenolic OH excluding ortho intramolecular Hbond substituents is 2. The summed E-state index contributed by atoms with van der Waals surface area (Å²) in [5.41, 5.74) is 2.00. The number of phenols is 2. The van der Waals surface area contributed by atoms with Gasteiger partial charge in [0.25, 0.3) is 0 Å². The molecule has 5 atom stereocenters. The second kappa shape index (κ2) is 13.8. The van der Waals surface area contributed by atoms with Gasteiger partial charge >= 0.3 is 0 Å². The normalized spacial score (nSPS) is 19.6. The van der Waals surface area contributed by atoms with Crippen molar-refractivity contribution in [3.63, 3.8) is 0 Å². The Morgan fingerprint density at radius 1 is 0.810 bits per heavy atom. The van der Waals surface area contributed by atoms with Crippen LogP contribution >= 0.6 is 0 Å². The number of hydrogen-bond acceptors (Lipinski definition) is 11. The second-order valence-corrected chi connectivity index (χ2v) is 10.0. The van der Waals surface area contributed by atoms with Gasteiger partial charge in [-0.05, 0) is 65.4 Å². The summed E-state index contributed by atoms with van der Waals surface area (Å²) in [5.74, 6) is 0.982. The molecule has 3 aromatic rings. The Kier molecular flexibility index (Phi) is 10.2. The first-order valence-corrected chi connectivity index (χ1v) is 13.4. The van der Waals surface area contributed by atoms with Crippen molar-refractivity contribution in [2.45, 2.75) is 24.7 Å². The molecule has 1 saturated heterocycles. The molecule has 0 radical (unpaired) electrons. The highest BCUT2D eigenvalue weighted by molar-refractivity contribution is 5.55. The summed E-state index contributed by atoms with van der Waals surface area (Å²) in [7, 11) is 5.80. The second-order valence-electron chi connectivity index (χ2n) is 10.0. The molecular weight excluding hydrogens is 548 g/mol. The number of aromatic hydroxyl groups is 2. The van der Waals surface area contributed by atoms with Crippen LogP contribution in [0.5, 0.6) is 40.2 Å². The third kappa shape index (κ3) is 6.44. The van der Waals surface area contributed by atoms with Crippen molar-refractivity contribution in [3.8, 4) is 40.2 Å². The zero-order valence-electron chi connectivity index (χ0n) is 24.0. The molecule has 1 aliphatic heterocycles. The molecule has 1 fully saturated rings. The van der Waals surface area contributed by atoms with Crippen LogP contribution in [0.3, 0.4) is 0 Å². The topological polar surface area (TPSA) is 157 Å². The van der Waals surface area contributed by atoms with Crippen LogP contribution in [0.2, 0.25) is 0 Å². The molecule has 0 spiro atoms. The predicted octanol–water partition coefficient (Wildman–Crippen LogP) is 3.14. The molecule has 0 amide bonds. The Balaban J connectivity index is 1.58. The fourth-order valence-electron chi connectivity index (χ4n) is 5.30. The van der Waals surface area contributed by atoms with Crippen molar-refractivity contribution in [1.82, 2.24) is 0 Å². The molecule has 1 aliphatic rings. The number of rotatable bonds is 13. The molecule has 0 aromatic heterocycles. The van der Waals surface area contributed by atoms with E-state index < -0.39 is 24.9 Å². The molecule has 3 aromatic carbocycles. The summed E-state index contributed by atoms with van der Waals surface area (Å²) < 4.78 is 33.8. The third-order valence-electron chi connectivity index (χ3n) is 7.60. The van der Waals surface area contributed by atoms with Crippen LogP contribution in [-0.2, 0) is 11.2 Å². The van der Waals surface area contributed by atoms with Crippen LogP contribution in [0.25, 0.3) is 0 Å². The van der Waals surface area contributed by atoms with E-state index in [9.17, 15) is 25.5 Å². The van der Waals surface area contributed by atoms with E-state index in [0.717, 1.165) is 5.56 Å². The maximum atomic E-state index is 11.0. The lowest BCUT2D eigenvalue weighted by Gasteiger charge is -2.27. The number of ether oxygens (including phenoxy) is 6. The van der Waals surface area contributed by atoms with Crippen LogP contribution in [-0.4, -0.2) is 79.9 Å². The van der Waals surface area contributed by atoms with Crippen LogP contribution in [0, 0.1) is 11.8 Å². The van der Waals surface area contributed by atoms with Crippen molar-refractivity contribution >= 4 is 0 Å². The third-order valence-corrected chi connectivity index (χ3v) is 7.60. The van der Waals surface area contributed by atoms with Crippen molar-refractivity contribution in [2.75, 3.05) is 48.3 Å². The average Bonchev–Trinajstić information content (AvgIpc) is 3.42. The number of aliphatic hydroxyl groups excluding tert-OH is 3. The van der Waals surface area contributed by atoms with Crippen LogP contribution in [0.15, 0.2) is 48.5 Å². The fraction of sp³-hybridized carbons (Fsp3) is 0.419. The summed E-state index contributed by atoms with van der Waals surface area (Å²) in [6, 6.07) is 13.0. The SMILES string of the molecule is COc1cc(C[C@@H]2CO[C@H](c3cc(OC)c(O[C@@H](CO)[C@H](O)c4ccc(O)c(OC)c4)c(OC)c3)[C@H]2CO)ccc1O. The summed E-state index contributed by atoms with van der Waals surface area (Å²) in [5, 5.41) is 51.3. The van der Waals surface area contributed by atoms with Gasteiger partial charge in [-0.15, -0.1) is 0 Å². The van der Waals surface area contributed by atoms with E-state index in [2.05, 4.69) is 0 Å². The molecule has 42 heavy (non-hydrogen) atoms. The molecule has 4 rings (SSSR count). The van der Waals surface area contributed by atoms with E-state index >= 15 is 0 Å². The average molecular weight is 587 g/mol. The Bertz CT molecular complexity index is 1320. The minimum Gasteiger partial charge on any atom is -0.504 e. The van der Waals surface area contributed by atoms with Gasteiger partial charge in [-0.2, -0.15) is 0 Å². The number of benzene rings is 3. The maximum Gasteiger partial charge on any atom is 0.204 e. The zero-order chi connectivity index (χ0) is 30.4. The van der Waals surface area contributed by atoms with Gasteiger partial charge in [0.1, 0.15) is 6.10 Å². The monoisotopic (exact) mass is 586 g/mol. The standard InChI is InChI=1S/C31H38O11/c1-37-24-10-17(5-7-22(24)34)9-20-16-41-30(21(20)14-32)19-12-26(39-3)31(27(13-19)40-4)42-28(15-33)29(36)18-6-8-23(35)25(11-18)38-2/h5-8,10-13,20-21,28-30,32-36H,9,14-16H2,1-4H3/t20-,21+,28+,29-,30-/m1/s1. The minimum atomic E-state index is -1.28. The van der Waals surface area contributed by atoms with Gasteiger partial charge < -0.3 is 54.0 Å². The highest BCUT2D eigenvalue weighted by Crippen LogP contribution is 2.47. The van der Waals surface area contributed by atoms with Gasteiger partial charge in [0.2, 0.25) is 5.75 Å². The maximum absolute atomic E-state index is 11.0. The summed E-state index contributed by atoms with van der Waals surface area (Å²) in [4.78, 5) is 0. The first kappa shape index (κ1) is 31.0. The Morgan fingerprint density at radius 3 is 1.98 bits per heavy atom. The molecule has 228 valence electrons. The van der Waals surface area contributed by atoms with Crippen molar-refractivity contribution in [1.29, 1.82) is 0 Å². The van der Waals surface area contributed by atoms with Crippen LogP contribution in [0.4, 0.5) is 0 Å². The smallest absolute Gasteiger partial charge is 0.204 e. The zero-order valence-corrected chi connectivity index (χ0v) is 24.0. The highest BCUT2D eigenvalue weighted by Gasteiger charge is 2.39. The Hall–Kier alpha value is -3.90. The van der Waals surface area contributed by atoms with E-state index in [1.54, 1.807) is 24.3 Å². The Labute approximate surface area is 244 Å². The number of aliphatic hydroxyl groups is 3. The number of methoxy groups -OCH3 is 4. The molecule has 0 saturated carbocycles. The van der Waals surface area contributed by atoms with Crippen LogP contribution < -0.4 is 23.7 Å². The van der Waals surface area contributed by atoms with E-state index in [-0.39, 0.29) is 52.9 Å². The summed E-state index contributed by atoms with van der Waals surface area (Å²) in [6.45, 7) is -0.264. The van der Waals surface area contributed by atoms with Gasteiger partial charge in [-0.3, -0.25) is 0 Å². The van der Waals surface area contributed by atoms with Gasteiger partial charge in [0.15, 0.2) is 40.6 Å². The molecule has 0 aliphatic carbocycles. The molecule has 1 heterocycles. The minimum absolute atomic E-state index is 0.0154. The predicted molar refractivity (Wildman–Crippen MR) is 152 cm³/mol. The largest absolute Gasteiger partial charge is 0.504 e. The van der Waals surface area contributed by atoms with E-state index in [1.807, 2.05) is 6.07 Å². The van der Waals surface area contributed by atoms with Gasteiger partial charge in [-0.25, -0.2) is 0 Å². The van der Waals surface area contributed by atoms with Crippen LogP contribution in [0.1, 0.15) is 28.9 Å². The number of hydrogen-bond donors (Lipinski definition) is 5. The molecule has 5 N–H and O–H groups in total. The lowest BCUT2D eigenvalue weighted by Crippen LogP contribution is -2.29. The van der Waals surface area contributed by atoms with Gasteiger partial charge in [-0.1, -0.05) is 12.1 Å². The molecule has 11 heteroatoms. The van der Waals surface area contributed by atoms with E-state index in [1.165, 1.54) is 46.6 Å². The van der Waals surface area contributed by atoms with Gasteiger partial charge in [0, 0.05) is 12.5 Å². The van der Waals surface area contributed by atoms with E-state index in [4.69, 9.17) is 28.4 Å².